The monoisotopic (exact) mass is 362 g/mol. The summed E-state index contributed by atoms with van der Waals surface area (Å²) < 4.78 is 15.8. The number of benzene rings is 1. The Morgan fingerprint density at radius 3 is 2.19 bits per heavy atom. The first-order valence-electron chi connectivity index (χ1n) is 8.48. The standard InChI is InChI=1S/C20H26O6/c1-6-18(22)20(4,12-17(14(3)21)19(23)25-7-2)26-13-15-8-10-16(24-5)11-9-15/h8-12H,6-7,13H2,1-5H3/b17-12-/t20-/m0/s1. The van der Waals surface area contributed by atoms with Gasteiger partial charge in [0.15, 0.2) is 11.6 Å². The highest BCUT2D eigenvalue weighted by Crippen LogP contribution is 2.22. The van der Waals surface area contributed by atoms with E-state index in [1.165, 1.54) is 13.0 Å². The molecule has 0 aliphatic rings. The molecule has 0 bridgehead atoms. The highest BCUT2D eigenvalue weighted by atomic mass is 16.5. The average Bonchev–Trinajstić information content (AvgIpc) is 2.64. The van der Waals surface area contributed by atoms with Crippen molar-refractivity contribution in [2.75, 3.05) is 13.7 Å². The highest BCUT2D eigenvalue weighted by Gasteiger charge is 2.33. The van der Waals surface area contributed by atoms with Crippen LogP contribution in [0.4, 0.5) is 0 Å². The Kier molecular flexibility index (Phi) is 8.19. The molecule has 6 nitrogen and oxygen atoms in total. The van der Waals surface area contributed by atoms with Crippen LogP contribution >= 0.6 is 0 Å². The number of hydrogen-bond donors (Lipinski definition) is 0. The third-order valence-corrected chi connectivity index (χ3v) is 3.87. The fourth-order valence-corrected chi connectivity index (χ4v) is 2.30. The van der Waals surface area contributed by atoms with Crippen LogP contribution in [0, 0.1) is 0 Å². The maximum atomic E-state index is 12.4. The summed E-state index contributed by atoms with van der Waals surface area (Å²) in [5, 5.41) is 0. The minimum atomic E-state index is -1.41. The van der Waals surface area contributed by atoms with Crippen molar-refractivity contribution in [3.8, 4) is 5.75 Å². The van der Waals surface area contributed by atoms with Gasteiger partial charge in [-0.2, -0.15) is 0 Å². The van der Waals surface area contributed by atoms with Crippen molar-refractivity contribution in [3.63, 3.8) is 0 Å². The molecule has 142 valence electrons. The molecule has 1 atom stereocenters. The van der Waals surface area contributed by atoms with Crippen LogP contribution in [0.2, 0.25) is 0 Å². The lowest BCUT2D eigenvalue weighted by molar-refractivity contribution is -0.140. The molecule has 0 radical (unpaired) electrons. The van der Waals surface area contributed by atoms with E-state index in [0.29, 0.717) is 5.75 Å². The van der Waals surface area contributed by atoms with Gasteiger partial charge < -0.3 is 14.2 Å². The maximum absolute atomic E-state index is 12.4. The Morgan fingerprint density at radius 2 is 1.73 bits per heavy atom. The summed E-state index contributed by atoms with van der Waals surface area (Å²) in [7, 11) is 1.58. The van der Waals surface area contributed by atoms with Gasteiger partial charge in [-0.1, -0.05) is 19.1 Å². The van der Waals surface area contributed by atoms with Gasteiger partial charge in [0, 0.05) is 6.42 Å². The molecule has 6 heteroatoms. The summed E-state index contributed by atoms with van der Waals surface area (Å²) in [6.45, 7) is 6.41. The third kappa shape index (κ3) is 5.81. The molecule has 0 fully saturated rings. The van der Waals surface area contributed by atoms with E-state index >= 15 is 0 Å². The van der Waals surface area contributed by atoms with E-state index in [-0.39, 0.29) is 31.0 Å². The molecule has 0 unspecified atom stereocenters. The number of esters is 1. The molecule has 0 amide bonds. The molecule has 0 spiro atoms. The minimum Gasteiger partial charge on any atom is -0.497 e. The Labute approximate surface area is 154 Å². The summed E-state index contributed by atoms with van der Waals surface area (Å²) in [6, 6.07) is 7.20. The van der Waals surface area contributed by atoms with Gasteiger partial charge in [0.2, 0.25) is 0 Å². The van der Waals surface area contributed by atoms with Gasteiger partial charge in [-0.05, 0) is 44.5 Å². The van der Waals surface area contributed by atoms with E-state index in [1.54, 1.807) is 40.0 Å². The van der Waals surface area contributed by atoms with Gasteiger partial charge in [-0.25, -0.2) is 4.79 Å². The number of ketones is 2. The zero-order valence-electron chi connectivity index (χ0n) is 16.0. The first-order valence-corrected chi connectivity index (χ1v) is 8.48. The second-order valence-electron chi connectivity index (χ2n) is 5.86. The lowest BCUT2D eigenvalue weighted by Crippen LogP contribution is -2.37. The van der Waals surface area contributed by atoms with Crippen molar-refractivity contribution in [1.82, 2.24) is 0 Å². The zero-order chi connectivity index (χ0) is 19.7. The normalized spacial score (nSPS) is 13.7. The predicted octanol–water partition coefficient (Wildman–Crippen LogP) is 3.03. The van der Waals surface area contributed by atoms with Crippen LogP contribution in [0.5, 0.6) is 5.75 Å². The SMILES string of the molecule is CCOC(=O)/C(=C\[C@](C)(OCc1ccc(OC)cc1)C(=O)CC)C(C)=O. The zero-order valence-corrected chi connectivity index (χ0v) is 16.0. The van der Waals surface area contributed by atoms with Crippen LogP contribution in [-0.2, 0) is 30.5 Å². The molecule has 0 aromatic heterocycles. The summed E-state index contributed by atoms with van der Waals surface area (Å²) in [6.07, 6.45) is 1.46. The van der Waals surface area contributed by atoms with Crippen molar-refractivity contribution < 1.29 is 28.6 Å². The molecule has 0 N–H and O–H groups in total. The lowest BCUT2D eigenvalue weighted by atomic mass is 9.94. The Morgan fingerprint density at radius 1 is 1.12 bits per heavy atom. The molecule has 0 saturated carbocycles. The molecule has 0 saturated heterocycles. The van der Waals surface area contributed by atoms with E-state index in [0.717, 1.165) is 5.56 Å². The van der Waals surface area contributed by atoms with Gasteiger partial charge in [-0.3, -0.25) is 9.59 Å². The first-order chi connectivity index (χ1) is 12.3. The topological polar surface area (TPSA) is 78.9 Å². The largest absolute Gasteiger partial charge is 0.497 e. The third-order valence-electron chi connectivity index (χ3n) is 3.87. The van der Waals surface area contributed by atoms with Gasteiger partial charge in [0.05, 0.1) is 20.3 Å². The molecular formula is C20H26O6. The summed E-state index contributed by atoms with van der Waals surface area (Å²) in [4.78, 5) is 36.3. The van der Waals surface area contributed by atoms with Crippen LogP contribution in [0.3, 0.4) is 0 Å². The molecule has 26 heavy (non-hydrogen) atoms. The molecule has 0 aliphatic heterocycles. The minimum absolute atomic E-state index is 0.134. The van der Waals surface area contributed by atoms with Gasteiger partial charge in [0.25, 0.3) is 0 Å². The summed E-state index contributed by atoms with van der Waals surface area (Å²) in [5.41, 5.74) is -0.775. The number of carbonyl (C=O) groups excluding carboxylic acids is 3. The van der Waals surface area contributed by atoms with E-state index in [2.05, 4.69) is 0 Å². The quantitative estimate of drug-likeness (QED) is 0.275. The van der Waals surface area contributed by atoms with Crippen LogP contribution < -0.4 is 4.74 Å². The smallest absolute Gasteiger partial charge is 0.341 e. The van der Waals surface area contributed by atoms with E-state index in [1.807, 2.05) is 12.1 Å². The Bertz CT molecular complexity index is 674. The average molecular weight is 362 g/mol. The molecule has 0 heterocycles. The van der Waals surface area contributed by atoms with Crippen molar-refractivity contribution in [1.29, 1.82) is 0 Å². The molecule has 0 aliphatic carbocycles. The number of ether oxygens (including phenoxy) is 3. The number of carbonyl (C=O) groups is 3. The Hall–Kier alpha value is -2.47. The van der Waals surface area contributed by atoms with Gasteiger partial charge in [0.1, 0.15) is 16.9 Å². The van der Waals surface area contributed by atoms with E-state index in [9.17, 15) is 14.4 Å². The molecule has 1 aromatic carbocycles. The fraction of sp³-hybridized carbons (Fsp3) is 0.450. The lowest BCUT2D eigenvalue weighted by Gasteiger charge is -2.26. The van der Waals surface area contributed by atoms with Crippen molar-refractivity contribution in [3.05, 3.63) is 41.5 Å². The van der Waals surface area contributed by atoms with Crippen LogP contribution in [0.15, 0.2) is 35.9 Å². The second kappa shape index (κ2) is 9.87. The second-order valence-corrected chi connectivity index (χ2v) is 5.86. The van der Waals surface area contributed by atoms with Crippen molar-refractivity contribution in [2.45, 2.75) is 46.3 Å². The number of Topliss-reactive ketones (excluding diaryl/α,β-unsaturated/α-hetero) is 2. The fourth-order valence-electron chi connectivity index (χ4n) is 2.30. The number of rotatable bonds is 10. The van der Waals surface area contributed by atoms with Crippen LogP contribution in [0.25, 0.3) is 0 Å². The summed E-state index contributed by atoms with van der Waals surface area (Å²) >= 11 is 0. The molecular weight excluding hydrogens is 336 g/mol. The molecule has 1 aromatic rings. The maximum Gasteiger partial charge on any atom is 0.341 e. The van der Waals surface area contributed by atoms with Crippen molar-refractivity contribution >= 4 is 17.5 Å². The Balaban J connectivity index is 3.11. The highest BCUT2D eigenvalue weighted by molar-refractivity contribution is 6.17. The first kappa shape index (κ1) is 21.6. The van der Waals surface area contributed by atoms with Crippen molar-refractivity contribution in [2.24, 2.45) is 0 Å². The summed E-state index contributed by atoms with van der Waals surface area (Å²) in [5.74, 6) is -0.772. The van der Waals surface area contributed by atoms with E-state index < -0.39 is 17.4 Å². The predicted molar refractivity (Wildman–Crippen MR) is 96.9 cm³/mol. The van der Waals surface area contributed by atoms with Crippen LogP contribution in [-0.4, -0.2) is 36.9 Å². The van der Waals surface area contributed by atoms with E-state index in [4.69, 9.17) is 14.2 Å². The molecule has 1 rings (SSSR count). The van der Waals surface area contributed by atoms with Gasteiger partial charge >= 0.3 is 5.97 Å². The van der Waals surface area contributed by atoms with Crippen LogP contribution in [0.1, 0.15) is 39.7 Å². The van der Waals surface area contributed by atoms with Gasteiger partial charge in [-0.15, -0.1) is 0 Å². The number of methoxy groups -OCH3 is 1. The number of hydrogen-bond acceptors (Lipinski definition) is 6.